The minimum atomic E-state index is -0.642. The van der Waals surface area contributed by atoms with Crippen LogP contribution in [0.3, 0.4) is 0 Å². The van der Waals surface area contributed by atoms with Gasteiger partial charge in [-0.2, -0.15) is 0 Å². The van der Waals surface area contributed by atoms with Crippen LogP contribution in [0, 0.1) is 0 Å². The van der Waals surface area contributed by atoms with Gasteiger partial charge in [-0.15, -0.1) is 5.10 Å². The molecular weight excluding hydrogens is 218 g/mol. The van der Waals surface area contributed by atoms with E-state index < -0.39 is 6.10 Å². The predicted octanol–water partition coefficient (Wildman–Crippen LogP) is 1.93. The lowest BCUT2D eigenvalue weighted by Gasteiger charge is -2.22. The largest absolute Gasteiger partial charge is 0.384 e. The number of hydrogen-bond donors (Lipinski definition) is 1. The van der Waals surface area contributed by atoms with E-state index in [4.69, 9.17) is 4.74 Å². The molecule has 0 saturated carbocycles. The van der Waals surface area contributed by atoms with E-state index in [0.29, 0.717) is 6.61 Å². The second-order valence-corrected chi connectivity index (χ2v) is 4.11. The van der Waals surface area contributed by atoms with Gasteiger partial charge < -0.3 is 9.84 Å². The summed E-state index contributed by atoms with van der Waals surface area (Å²) in [6.07, 6.45) is 3.61. The van der Waals surface area contributed by atoms with Crippen molar-refractivity contribution in [3.05, 3.63) is 11.9 Å². The minimum absolute atomic E-state index is 0.167. The van der Waals surface area contributed by atoms with E-state index in [1.165, 1.54) is 0 Å². The summed E-state index contributed by atoms with van der Waals surface area (Å²) in [6, 6.07) is 0. The van der Waals surface area contributed by atoms with Gasteiger partial charge in [-0.1, -0.05) is 25.5 Å². The van der Waals surface area contributed by atoms with Crippen LogP contribution >= 0.6 is 0 Å². The highest BCUT2D eigenvalue weighted by atomic mass is 16.5. The Morgan fingerprint density at radius 2 is 2.12 bits per heavy atom. The normalized spacial score (nSPS) is 14.8. The van der Waals surface area contributed by atoms with Crippen LogP contribution in [0.15, 0.2) is 6.20 Å². The van der Waals surface area contributed by atoms with E-state index in [-0.39, 0.29) is 6.10 Å². The van der Waals surface area contributed by atoms with Crippen molar-refractivity contribution in [2.24, 2.45) is 0 Å². The molecule has 0 bridgehead atoms. The summed E-state index contributed by atoms with van der Waals surface area (Å²) in [5.74, 6) is 0. The van der Waals surface area contributed by atoms with Crippen molar-refractivity contribution < 1.29 is 9.84 Å². The molecule has 5 nitrogen and oxygen atoms in total. The summed E-state index contributed by atoms with van der Waals surface area (Å²) in [4.78, 5) is 0. The highest BCUT2D eigenvalue weighted by molar-refractivity contribution is 5.01. The van der Waals surface area contributed by atoms with Crippen molar-refractivity contribution in [3.8, 4) is 0 Å². The number of aryl methyl sites for hydroxylation is 1. The van der Waals surface area contributed by atoms with Gasteiger partial charge in [0.15, 0.2) is 0 Å². The molecular formula is C12H23N3O2. The topological polar surface area (TPSA) is 60.2 Å². The highest BCUT2D eigenvalue weighted by Gasteiger charge is 2.24. The molecule has 1 N–H and O–H groups in total. The molecule has 5 heteroatoms. The maximum atomic E-state index is 10.3. The van der Waals surface area contributed by atoms with Crippen LogP contribution in [-0.2, 0) is 11.3 Å². The summed E-state index contributed by atoms with van der Waals surface area (Å²) in [7, 11) is 0. The Balaban J connectivity index is 2.76. The quantitative estimate of drug-likeness (QED) is 0.755. The zero-order chi connectivity index (χ0) is 12.7. The van der Waals surface area contributed by atoms with Crippen LogP contribution in [-0.4, -0.2) is 32.8 Å². The zero-order valence-electron chi connectivity index (χ0n) is 11.0. The second kappa shape index (κ2) is 7.40. The Morgan fingerprint density at radius 1 is 1.35 bits per heavy atom. The maximum absolute atomic E-state index is 10.3. The molecule has 1 rings (SSSR count). The molecule has 0 aliphatic carbocycles. The van der Waals surface area contributed by atoms with Gasteiger partial charge in [-0.05, 0) is 19.8 Å². The molecule has 0 aromatic carbocycles. The summed E-state index contributed by atoms with van der Waals surface area (Å²) < 4.78 is 7.34. The molecule has 98 valence electrons. The van der Waals surface area contributed by atoms with Crippen LogP contribution in [0.25, 0.3) is 0 Å². The van der Waals surface area contributed by atoms with E-state index in [1.807, 2.05) is 6.92 Å². The first-order valence-corrected chi connectivity index (χ1v) is 6.42. The average Bonchev–Trinajstić information content (AvgIpc) is 2.77. The fraction of sp³-hybridized carbons (Fsp3) is 0.833. The van der Waals surface area contributed by atoms with Gasteiger partial charge in [0.1, 0.15) is 6.10 Å². The number of aliphatic hydroxyl groups excluding tert-OH is 1. The number of hydrogen-bond acceptors (Lipinski definition) is 4. The van der Waals surface area contributed by atoms with Crippen LogP contribution in [0.5, 0.6) is 0 Å². The van der Waals surface area contributed by atoms with E-state index in [2.05, 4.69) is 24.2 Å². The summed E-state index contributed by atoms with van der Waals surface area (Å²) in [6.45, 7) is 7.48. The molecule has 0 radical (unpaired) electrons. The van der Waals surface area contributed by atoms with Crippen molar-refractivity contribution >= 4 is 0 Å². The fourth-order valence-electron chi connectivity index (χ4n) is 1.90. The monoisotopic (exact) mass is 241 g/mol. The van der Waals surface area contributed by atoms with Crippen molar-refractivity contribution in [2.75, 3.05) is 6.61 Å². The first-order valence-electron chi connectivity index (χ1n) is 6.42. The standard InChI is InChI=1S/C12H23N3O2/c1-4-7-11(17-6-3)12(16)10-9-13-14-15(10)8-5-2/h9,11-12,16H,4-8H2,1-3H3. The minimum Gasteiger partial charge on any atom is -0.384 e. The third kappa shape index (κ3) is 3.78. The molecule has 0 aliphatic heterocycles. The smallest absolute Gasteiger partial charge is 0.123 e. The Bertz CT molecular complexity index is 308. The first kappa shape index (κ1) is 14.1. The van der Waals surface area contributed by atoms with Crippen LogP contribution in [0.1, 0.15) is 51.8 Å². The summed E-state index contributed by atoms with van der Waals surface area (Å²) >= 11 is 0. The number of rotatable bonds is 8. The zero-order valence-corrected chi connectivity index (χ0v) is 11.0. The first-order chi connectivity index (χ1) is 8.24. The maximum Gasteiger partial charge on any atom is 0.123 e. The number of nitrogens with zero attached hydrogens (tertiary/aromatic N) is 3. The number of aromatic nitrogens is 3. The molecule has 1 aromatic rings. The molecule has 17 heavy (non-hydrogen) atoms. The molecule has 1 heterocycles. The molecule has 0 saturated heterocycles. The molecule has 0 spiro atoms. The van der Waals surface area contributed by atoms with Gasteiger partial charge in [-0.3, -0.25) is 0 Å². The van der Waals surface area contributed by atoms with Gasteiger partial charge in [0, 0.05) is 13.2 Å². The molecule has 0 fully saturated rings. The summed E-state index contributed by atoms with van der Waals surface area (Å²) in [5.41, 5.74) is 0.749. The second-order valence-electron chi connectivity index (χ2n) is 4.11. The lowest BCUT2D eigenvalue weighted by molar-refractivity contribution is -0.0420. The molecule has 2 unspecified atom stereocenters. The molecule has 0 aliphatic rings. The fourth-order valence-corrected chi connectivity index (χ4v) is 1.90. The predicted molar refractivity (Wildman–Crippen MR) is 65.6 cm³/mol. The van der Waals surface area contributed by atoms with E-state index in [9.17, 15) is 5.11 Å². The van der Waals surface area contributed by atoms with E-state index >= 15 is 0 Å². The highest BCUT2D eigenvalue weighted by Crippen LogP contribution is 2.22. The van der Waals surface area contributed by atoms with Gasteiger partial charge in [0.05, 0.1) is 18.0 Å². The average molecular weight is 241 g/mol. The van der Waals surface area contributed by atoms with Crippen molar-refractivity contribution in [1.29, 1.82) is 0 Å². The van der Waals surface area contributed by atoms with Crippen LogP contribution in [0.2, 0.25) is 0 Å². The van der Waals surface area contributed by atoms with Crippen LogP contribution < -0.4 is 0 Å². The van der Waals surface area contributed by atoms with E-state index in [0.717, 1.165) is 31.5 Å². The Labute approximate surface area is 103 Å². The third-order valence-electron chi connectivity index (χ3n) is 2.69. The lowest BCUT2D eigenvalue weighted by atomic mass is 10.1. The number of ether oxygens (including phenoxy) is 1. The Morgan fingerprint density at radius 3 is 2.71 bits per heavy atom. The van der Waals surface area contributed by atoms with Crippen molar-refractivity contribution in [2.45, 2.75) is 58.8 Å². The Hall–Kier alpha value is -0.940. The van der Waals surface area contributed by atoms with Crippen LogP contribution in [0.4, 0.5) is 0 Å². The molecule has 1 aromatic heterocycles. The number of aliphatic hydroxyl groups is 1. The summed E-state index contributed by atoms with van der Waals surface area (Å²) in [5, 5.41) is 18.2. The van der Waals surface area contributed by atoms with Gasteiger partial charge in [-0.25, -0.2) is 4.68 Å². The van der Waals surface area contributed by atoms with E-state index in [1.54, 1.807) is 10.9 Å². The molecule has 2 atom stereocenters. The van der Waals surface area contributed by atoms with Gasteiger partial charge in [0.25, 0.3) is 0 Å². The van der Waals surface area contributed by atoms with Crippen molar-refractivity contribution in [3.63, 3.8) is 0 Å². The third-order valence-corrected chi connectivity index (χ3v) is 2.69. The van der Waals surface area contributed by atoms with Gasteiger partial charge >= 0.3 is 0 Å². The van der Waals surface area contributed by atoms with Crippen molar-refractivity contribution in [1.82, 2.24) is 15.0 Å². The lowest BCUT2D eigenvalue weighted by Crippen LogP contribution is -2.24. The Kier molecular flexibility index (Phi) is 6.15. The SMILES string of the molecule is CCCC(OCC)C(O)c1cnnn1CCC. The molecule has 0 amide bonds. The van der Waals surface area contributed by atoms with Gasteiger partial charge in [0.2, 0.25) is 0 Å².